The van der Waals surface area contributed by atoms with E-state index in [1.807, 2.05) is 73.7 Å². The van der Waals surface area contributed by atoms with Crippen molar-refractivity contribution in [3.05, 3.63) is 117 Å². The van der Waals surface area contributed by atoms with Crippen LogP contribution < -0.4 is 16.4 Å². The monoisotopic (exact) mass is 588 g/mol. The standard InChI is InChI=1S/C29H26BrClN6O/c1-18(32)21-8-5-9-22(13-21)29(38)34-16-20-7-4-6-19(12-20)15-33-27-14-26(23-10-2-3-11-25(23)31)36-28-24(30)17-35-37(27)28/h2-14,17-18,33H,15-16,32H2,1H3,(H,34,38). The second-order valence-electron chi connectivity index (χ2n) is 9.00. The van der Waals surface area contributed by atoms with E-state index in [9.17, 15) is 4.79 Å². The average molecular weight is 590 g/mol. The number of rotatable bonds is 8. The third kappa shape index (κ3) is 5.72. The van der Waals surface area contributed by atoms with Crippen LogP contribution in [0.5, 0.6) is 0 Å². The molecule has 0 spiro atoms. The molecule has 2 heterocycles. The first-order valence-electron chi connectivity index (χ1n) is 12.1. The molecule has 0 aliphatic carbocycles. The summed E-state index contributed by atoms with van der Waals surface area (Å²) in [6.07, 6.45) is 1.72. The molecule has 9 heteroatoms. The van der Waals surface area contributed by atoms with E-state index in [1.54, 1.807) is 16.8 Å². The predicted octanol–water partition coefficient (Wildman–Crippen LogP) is 6.37. The Kier molecular flexibility index (Phi) is 7.74. The summed E-state index contributed by atoms with van der Waals surface area (Å²) in [5.74, 6) is 0.648. The van der Waals surface area contributed by atoms with Crippen molar-refractivity contribution in [2.45, 2.75) is 26.1 Å². The lowest BCUT2D eigenvalue weighted by atomic mass is 10.1. The molecule has 1 atom stereocenters. The molecule has 2 aromatic heterocycles. The number of fused-ring (bicyclic) bond motifs is 1. The van der Waals surface area contributed by atoms with Gasteiger partial charge in [-0.3, -0.25) is 4.79 Å². The molecule has 0 aliphatic heterocycles. The van der Waals surface area contributed by atoms with Gasteiger partial charge in [0.25, 0.3) is 5.91 Å². The fraction of sp³-hybridized carbons (Fsp3) is 0.138. The number of nitrogens with two attached hydrogens (primary N) is 1. The number of anilines is 1. The van der Waals surface area contributed by atoms with Gasteiger partial charge in [-0.05, 0) is 57.7 Å². The Morgan fingerprint density at radius 1 is 1.03 bits per heavy atom. The minimum absolute atomic E-state index is 0.128. The Hall–Kier alpha value is -3.72. The van der Waals surface area contributed by atoms with Crippen LogP contribution in [0, 0.1) is 0 Å². The normalized spacial score (nSPS) is 11.9. The minimum Gasteiger partial charge on any atom is -0.366 e. The van der Waals surface area contributed by atoms with Gasteiger partial charge in [0.15, 0.2) is 5.65 Å². The van der Waals surface area contributed by atoms with E-state index < -0.39 is 0 Å². The van der Waals surface area contributed by atoms with Crippen LogP contribution in [-0.4, -0.2) is 20.5 Å². The molecular formula is C29H26BrClN6O. The highest BCUT2D eigenvalue weighted by molar-refractivity contribution is 9.10. The number of benzene rings is 3. The smallest absolute Gasteiger partial charge is 0.251 e. The van der Waals surface area contributed by atoms with E-state index in [0.717, 1.165) is 38.2 Å². The lowest BCUT2D eigenvalue weighted by Crippen LogP contribution is -2.23. The third-order valence-electron chi connectivity index (χ3n) is 6.17. The summed E-state index contributed by atoms with van der Waals surface area (Å²) < 4.78 is 2.55. The van der Waals surface area contributed by atoms with Crippen molar-refractivity contribution < 1.29 is 4.79 Å². The second-order valence-corrected chi connectivity index (χ2v) is 10.3. The van der Waals surface area contributed by atoms with Crippen molar-refractivity contribution in [3.8, 4) is 11.3 Å². The van der Waals surface area contributed by atoms with Crippen molar-refractivity contribution in [3.63, 3.8) is 0 Å². The van der Waals surface area contributed by atoms with E-state index in [1.165, 1.54) is 0 Å². The lowest BCUT2D eigenvalue weighted by molar-refractivity contribution is 0.0951. The Morgan fingerprint density at radius 3 is 2.58 bits per heavy atom. The molecular weight excluding hydrogens is 564 g/mol. The Labute approximate surface area is 234 Å². The minimum atomic E-state index is -0.133. The van der Waals surface area contributed by atoms with Crippen LogP contribution >= 0.6 is 27.5 Å². The summed E-state index contributed by atoms with van der Waals surface area (Å²) in [6, 6.07) is 24.9. The highest BCUT2D eigenvalue weighted by Crippen LogP contribution is 2.30. The van der Waals surface area contributed by atoms with Gasteiger partial charge in [0, 0.05) is 41.3 Å². The summed E-state index contributed by atoms with van der Waals surface area (Å²) in [4.78, 5) is 17.5. The average Bonchev–Trinajstić information content (AvgIpc) is 3.31. The van der Waals surface area contributed by atoms with Crippen LogP contribution in [0.25, 0.3) is 16.9 Å². The number of amides is 1. The largest absolute Gasteiger partial charge is 0.366 e. The summed E-state index contributed by atoms with van der Waals surface area (Å²) in [5, 5.41) is 11.6. The van der Waals surface area contributed by atoms with Crippen molar-refractivity contribution in [1.29, 1.82) is 0 Å². The summed E-state index contributed by atoms with van der Waals surface area (Å²) in [7, 11) is 0. The van der Waals surface area contributed by atoms with Crippen LogP contribution in [0.3, 0.4) is 0 Å². The molecule has 1 unspecified atom stereocenters. The van der Waals surface area contributed by atoms with Crippen LogP contribution in [0.15, 0.2) is 89.5 Å². The summed E-state index contributed by atoms with van der Waals surface area (Å²) in [5.41, 5.74) is 11.8. The number of hydrogen-bond donors (Lipinski definition) is 3. The van der Waals surface area contributed by atoms with Gasteiger partial charge in [0.05, 0.1) is 16.4 Å². The molecule has 0 saturated heterocycles. The van der Waals surface area contributed by atoms with Crippen molar-refractivity contribution in [1.82, 2.24) is 19.9 Å². The molecule has 0 radical (unpaired) electrons. The first kappa shape index (κ1) is 25.9. The first-order chi connectivity index (χ1) is 18.4. The maximum atomic E-state index is 12.7. The molecule has 7 nitrogen and oxygen atoms in total. The van der Waals surface area contributed by atoms with Crippen LogP contribution in [0.4, 0.5) is 5.82 Å². The van der Waals surface area contributed by atoms with Crippen molar-refractivity contribution >= 4 is 44.9 Å². The van der Waals surface area contributed by atoms with Gasteiger partial charge in [0.1, 0.15) is 5.82 Å². The second kappa shape index (κ2) is 11.3. The van der Waals surface area contributed by atoms with E-state index >= 15 is 0 Å². The molecule has 0 saturated carbocycles. The quantitative estimate of drug-likeness (QED) is 0.195. The number of hydrogen-bond acceptors (Lipinski definition) is 5. The lowest BCUT2D eigenvalue weighted by Gasteiger charge is -2.13. The van der Waals surface area contributed by atoms with Gasteiger partial charge in [0.2, 0.25) is 0 Å². The van der Waals surface area contributed by atoms with Crippen molar-refractivity contribution in [2.75, 3.05) is 5.32 Å². The van der Waals surface area contributed by atoms with Gasteiger partial charge in [-0.25, -0.2) is 4.98 Å². The maximum absolute atomic E-state index is 12.7. The zero-order valence-electron chi connectivity index (χ0n) is 20.7. The molecule has 0 bridgehead atoms. The van der Waals surface area contributed by atoms with E-state index in [4.69, 9.17) is 22.3 Å². The molecule has 4 N–H and O–H groups in total. The number of carbonyl (C=O) groups is 1. The van der Waals surface area contributed by atoms with Gasteiger partial charge in [-0.2, -0.15) is 9.61 Å². The van der Waals surface area contributed by atoms with Gasteiger partial charge < -0.3 is 16.4 Å². The topological polar surface area (TPSA) is 97.3 Å². The van der Waals surface area contributed by atoms with Gasteiger partial charge >= 0.3 is 0 Å². The van der Waals surface area contributed by atoms with Gasteiger partial charge in [-0.15, -0.1) is 0 Å². The molecule has 192 valence electrons. The number of nitrogens with zero attached hydrogens (tertiary/aromatic N) is 3. The Bertz CT molecular complexity index is 1620. The number of nitrogens with one attached hydrogen (secondary N) is 2. The molecule has 38 heavy (non-hydrogen) atoms. The zero-order valence-corrected chi connectivity index (χ0v) is 23.0. The number of halogens is 2. The predicted molar refractivity (Wildman–Crippen MR) is 155 cm³/mol. The molecule has 0 fully saturated rings. The van der Waals surface area contributed by atoms with E-state index in [-0.39, 0.29) is 11.9 Å². The van der Waals surface area contributed by atoms with Crippen molar-refractivity contribution in [2.24, 2.45) is 5.73 Å². The Balaban J connectivity index is 1.31. The van der Waals surface area contributed by atoms with Crippen LogP contribution in [0.2, 0.25) is 5.02 Å². The highest BCUT2D eigenvalue weighted by Gasteiger charge is 2.13. The molecule has 1 amide bonds. The highest BCUT2D eigenvalue weighted by atomic mass is 79.9. The third-order valence-corrected chi connectivity index (χ3v) is 7.06. The summed E-state index contributed by atoms with van der Waals surface area (Å²) >= 11 is 9.99. The zero-order chi connectivity index (χ0) is 26.6. The summed E-state index contributed by atoms with van der Waals surface area (Å²) in [6.45, 7) is 2.87. The fourth-order valence-corrected chi connectivity index (χ4v) is 4.74. The number of carbonyl (C=O) groups excluding carboxylic acids is 1. The van der Waals surface area contributed by atoms with Crippen LogP contribution in [0.1, 0.15) is 40.0 Å². The molecule has 5 aromatic rings. The maximum Gasteiger partial charge on any atom is 0.251 e. The van der Waals surface area contributed by atoms with Crippen LogP contribution in [-0.2, 0) is 13.1 Å². The first-order valence-corrected chi connectivity index (χ1v) is 13.3. The van der Waals surface area contributed by atoms with E-state index in [2.05, 4.69) is 37.7 Å². The molecule has 0 aliphatic rings. The SMILES string of the molecule is CC(N)c1cccc(C(=O)NCc2cccc(CNc3cc(-c4ccccc4Cl)nc4c(Br)cnn34)c2)c1. The fourth-order valence-electron chi connectivity index (χ4n) is 4.16. The molecule has 5 rings (SSSR count). The molecule has 3 aromatic carbocycles. The number of aromatic nitrogens is 3. The van der Waals surface area contributed by atoms with E-state index in [0.29, 0.717) is 29.3 Å². The Morgan fingerprint density at radius 2 is 1.79 bits per heavy atom. The van der Waals surface area contributed by atoms with Gasteiger partial charge in [-0.1, -0.05) is 66.2 Å².